The van der Waals surface area contributed by atoms with Gasteiger partial charge in [-0.1, -0.05) is 36.2 Å². The maximum absolute atomic E-state index is 12.6. The Morgan fingerprint density at radius 1 is 1.16 bits per heavy atom. The second-order valence-corrected chi connectivity index (χ2v) is 8.02. The predicted molar refractivity (Wildman–Crippen MR) is 125 cm³/mol. The molecule has 1 aromatic heterocycles. The molecule has 6 N–H and O–H groups in total. The maximum Gasteiger partial charge on any atom is 0.164 e. The molecule has 9 heteroatoms. The summed E-state index contributed by atoms with van der Waals surface area (Å²) in [5, 5.41) is 1.97. The van der Waals surface area contributed by atoms with Crippen molar-refractivity contribution >= 4 is 39.9 Å². The van der Waals surface area contributed by atoms with Gasteiger partial charge >= 0.3 is 0 Å². The summed E-state index contributed by atoms with van der Waals surface area (Å²) in [5.41, 5.74) is 7.61. The van der Waals surface area contributed by atoms with Gasteiger partial charge < -0.3 is 9.30 Å². The van der Waals surface area contributed by atoms with Crippen molar-refractivity contribution in [1.82, 2.24) is 15.4 Å². The molecule has 0 aliphatic heterocycles. The van der Waals surface area contributed by atoms with Crippen molar-refractivity contribution in [3.63, 3.8) is 0 Å². The van der Waals surface area contributed by atoms with Gasteiger partial charge in [-0.15, -0.1) is 0 Å². The van der Waals surface area contributed by atoms with Gasteiger partial charge in [0.15, 0.2) is 5.78 Å². The minimum Gasteiger partial charge on any atom is -0.489 e. The van der Waals surface area contributed by atoms with E-state index in [9.17, 15) is 4.79 Å². The van der Waals surface area contributed by atoms with Gasteiger partial charge in [0, 0.05) is 51.2 Å². The molecule has 7 nitrogen and oxygen atoms in total. The summed E-state index contributed by atoms with van der Waals surface area (Å²) in [6.07, 6.45) is 3.73. The summed E-state index contributed by atoms with van der Waals surface area (Å²) in [4.78, 5) is 12.6. The van der Waals surface area contributed by atoms with Crippen LogP contribution in [0.25, 0.3) is 10.9 Å². The van der Waals surface area contributed by atoms with Crippen LogP contribution < -0.4 is 27.3 Å². The predicted octanol–water partition coefficient (Wildman–Crippen LogP) is 4.15. The van der Waals surface area contributed by atoms with E-state index < -0.39 is 0 Å². The van der Waals surface area contributed by atoms with E-state index in [-0.39, 0.29) is 18.6 Å². The monoisotopic (exact) mass is 463 g/mol. The number of ketones is 1. The van der Waals surface area contributed by atoms with Crippen molar-refractivity contribution in [2.45, 2.75) is 45.5 Å². The molecule has 0 radical (unpaired) electrons. The van der Waals surface area contributed by atoms with Crippen molar-refractivity contribution in [2.75, 3.05) is 0 Å². The van der Waals surface area contributed by atoms with E-state index in [1.165, 1.54) is 0 Å². The Balaban J connectivity index is 1.83. The Morgan fingerprint density at radius 2 is 1.87 bits per heavy atom. The first-order valence-corrected chi connectivity index (χ1v) is 10.9. The van der Waals surface area contributed by atoms with E-state index in [0.717, 1.165) is 35.9 Å². The molecule has 0 aliphatic carbocycles. The molecule has 0 saturated heterocycles. The van der Waals surface area contributed by atoms with Crippen molar-refractivity contribution in [1.29, 1.82) is 0 Å². The number of carbonyl (C=O) groups excluding carboxylic acids is 1. The molecule has 0 fully saturated rings. The van der Waals surface area contributed by atoms with E-state index in [0.29, 0.717) is 27.8 Å². The Morgan fingerprint density at radius 3 is 2.52 bits per heavy atom. The van der Waals surface area contributed by atoms with Crippen LogP contribution in [-0.4, -0.2) is 16.5 Å². The number of aryl methyl sites for hydroxylation is 1. The summed E-state index contributed by atoms with van der Waals surface area (Å²) < 4.78 is 8.03. The Labute approximate surface area is 191 Å². The number of nitrogens with zero attached hydrogens (tertiary/aromatic N) is 1. The van der Waals surface area contributed by atoms with Crippen molar-refractivity contribution < 1.29 is 9.53 Å². The number of ether oxygens (including phenoxy) is 1. The molecule has 0 atom stereocenters. The van der Waals surface area contributed by atoms with Gasteiger partial charge in [0.05, 0.1) is 6.17 Å². The average Bonchev–Trinajstić information content (AvgIpc) is 3.13. The second-order valence-electron chi connectivity index (χ2n) is 7.21. The number of halogens is 2. The van der Waals surface area contributed by atoms with Crippen LogP contribution in [0, 0.1) is 0 Å². The molecule has 166 valence electrons. The number of hydrogen-bond donors (Lipinski definition) is 4. The first-order chi connectivity index (χ1) is 15.0. The largest absolute Gasteiger partial charge is 0.489 e. The molecule has 0 amide bonds. The zero-order valence-corrected chi connectivity index (χ0v) is 18.8. The topological polar surface area (TPSA) is 107 Å². The molecule has 0 bridgehead atoms. The van der Waals surface area contributed by atoms with Crippen LogP contribution in [0.1, 0.15) is 42.1 Å². The molecule has 31 heavy (non-hydrogen) atoms. The number of benzene rings is 2. The maximum atomic E-state index is 12.6. The SMILES string of the molecule is CCC(=O)c1cn(CCCC(NN)NN)c2ccc(OCc3c(Cl)cccc3Cl)cc12. The molecule has 1 heterocycles. The van der Waals surface area contributed by atoms with Crippen LogP contribution in [-0.2, 0) is 13.2 Å². The van der Waals surface area contributed by atoms with Gasteiger partial charge in [-0.05, 0) is 43.2 Å². The number of fused-ring (bicyclic) bond motifs is 1. The Hall–Kier alpha value is -2.13. The van der Waals surface area contributed by atoms with Gasteiger partial charge in [-0.2, -0.15) is 0 Å². The van der Waals surface area contributed by atoms with Crippen LogP contribution in [0.2, 0.25) is 10.0 Å². The van der Waals surface area contributed by atoms with Crippen LogP contribution in [0.15, 0.2) is 42.6 Å². The van der Waals surface area contributed by atoms with Gasteiger partial charge in [0.1, 0.15) is 12.4 Å². The van der Waals surface area contributed by atoms with E-state index in [1.807, 2.05) is 31.3 Å². The fraction of sp³-hybridized carbons (Fsp3) is 0.318. The lowest BCUT2D eigenvalue weighted by atomic mass is 10.1. The Kier molecular flexibility index (Phi) is 8.31. The van der Waals surface area contributed by atoms with Crippen LogP contribution in [0.3, 0.4) is 0 Å². The number of nitrogens with two attached hydrogens (primary N) is 2. The minimum absolute atomic E-state index is 0.0835. The molecular weight excluding hydrogens is 437 g/mol. The highest BCUT2D eigenvalue weighted by atomic mass is 35.5. The zero-order chi connectivity index (χ0) is 22.4. The first-order valence-electron chi connectivity index (χ1n) is 10.1. The number of Topliss-reactive ketones (excluding diaryl/α,β-unsaturated/α-hetero) is 1. The smallest absolute Gasteiger partial charge is 0.164 e. The standard InChI is InChI=1S/C22H27Cl2N5O2/c1-2-21(30)16-12-29(10-4-7-22(27-25)28-26)20-9-8-14(11-15(16)20)31-13-17-18(23)5-3-6-19(17)24/h3,5-6,8-9,11-12,22,27-28H,2,4,7,10,13,25-26H2,1H3. The molecule has 0 spiro atoms. The third-order valence-electron chi connectivity index (χ3n) is 5.21. The zero-order valence-electron chi connectivity index (χ0n) is 17.3. The first kappa shape index (κ1) is 23.5. The highest BCUT2D eigenvalue weighted by Crippen LogP contribution is 2.30. The minimum atomic E-state index is -0.171. The number of aromatic nitrogens is 1. The van der Waals surface area contributed by atoms with Gasteiger partial charge in [0.2, 0.25) is 0 Å². The van der Waals surface area contributed by atoms with E-state index in [1.54, 1.807) is 18.2 Å². The third kappa shape index (κ3) is 5.57. The summed E-state index contributed by atoms with van der Waals surface area (Å²) >= 11 is 12.5. The molecule has 0 saturated carbocycles. The van der Waals surface area contributed by atoms with E-state index in [2.05, 4.69) is 15.4 Å². The number of hydrogen-bond acceptors (Lipinski definition) is 6. The normalized spacial score (nSPS) is 11.4. The summed E-state index contributed by atoms with van der Waals surface area (Å²) in [6.45, 7) is 2.82. The molecular formula is C22H27Cl2N5O2. The van der Waals surface area contributed by atoms with Gasteiger partial charge in [-0.3, -0.25) is 16.5 Å². The lowest BCUT2D eigenvalue weighted by molar-refractivity contribution is 0.0989. The van der Waals surface area contributed by atoms with Crippen LogP contribution >= 0.6 is 23.2 Å². The third-order valence-corrected chi connectivity index (χ3v) is 5.92. The van der Waals surface area contributed by atoms with Gasteiger partial charge in [0.25, 0.3) is 0 Å². The van der Waals surface area contributed by atoms with E-state index in [4.69, 9.17) is 39.6 Å². The number of nitrogens with one attached hydrogen (secondary N) is 2. The number of carbonyl (C=O) groups is 1. The number of hydrazine groups is 2. The van der Waals surface area contributed by atoms with Crippen molar-refractivity contribution in [3.8, 4) is 5.75 Å². The highest BCUT2D eigenvalue weighted by molar-refractivity contribution is 6.35. The molecule has 0 aliphatic rings. The summed E-state index contributed by atoms with van der Waals surface area (Å²) in [6, 6.07) is 11.1. The van der Waals surface area contributed by atoms with E-state index >= 15 is 0 Å². The second kappa shape index (κ2) is 10.9. The number of rotatable bonds is 11. The fourth-order valence-corrected chi connectivity index (χ4v) is 3.98. The Bertz CT molecular complexity index is 1030. The quantitative estimate of drug-likeness (QED) is 0.147. The molecule has 2 aromatic carbocycles. The summed E-state index contributed by atoms with van der Waals surface area (Å²) in [5.74, 6) is 11.6. The molecule has 3 aromatic rings. The fourth-order valence-electron chi connectivity index (χ4n) is 3.47. The van der Waals surface area contributed by atoms with Crippen molar-refractivity contribution in [3.05, 3.63) is 63.8 Å². The lowest BCUT2D eigenvalue weighted by Crippen LogP contribution is -2.49. The van der Waals surface area contributed by atoms with Crippen molar-refractivity contribution in [2.24, 2.45) is 11.7 Å². The lowest BCUT2D eigenvalue weighted by Gasteiger charge is -2.14. The van der Waals surface area contributed by atoms with Crippen LogP contribution in [0.4, 0.5) is 0 Å². The summed E-state index contributed by atoms with van der Waals surface area (Å²) in [7, 11) is 0. The van der Waals surface area contributed by atoms with Gasteiger partial charge in [-0.25, -0.2) is 10.9 Å². The molecule has 0 unspecified atom stereocenters. The van der Waals surface area contributed by atoms with Crippen LogP contribution in [0.5, 0.6) is 5.75 Å². The molecule has 3 rings (SSSR count). The average molecular weight is 464 g/mol. The highest BCUT2D eigenvalue weighted by Gasteiger charge is 2.16.